The molecular formula is C19H28N4O6. The second-order valence-corrected chi connectivity index (χ2v) is 7.14. The Balaban J connectivity index is 1.32. The molecule has 0 aromatic carbocycles. The van der Waals surface area contributed by atoms with Crippen molar-refractivity contribution in [2.75, 3.05) is 13.2 Å². The molecule has 10 nitrogen and oxygen atoms in total. The zero-order valence-electron chi connectivity index (χ0n) is 16.1. The van der Waals surface area contributed by atoms with Crippen molar-refractivity contribution in [3.8, 4) is 0 Å². The van der Waals surface area contributed by atoms with Gasteiger partial charge in [-0.3, -0.25) is 4.98 Å². The minimum atomic E-state index is -1.32. The van der Waals surface area contributed by atoms with E-state index in [1.807, 2.05) is 24.4 Å². The third-order valence-corrected chi connectivity index (χ3v) is 4.90. The number of unbranched alkanes of at least 4 members (excludes halogenated alkanes) is 1. The Morgan fingerprint density at radius 1 is 1.03 bits per heavy atom. The van der Waals surface area contributed by atoms with Crippen LogP contribution in [0.2, 0.25) is 0 Å². The standard InChI is InChI=1S/C19H28N4O6/c24-11-16-18(26)19(27)17(25)15(29-16)6-2-4-8-28-12-14-10-23(22-21-14)9-13-5-1-3-7-20-13/h1,3,5,7,10,15-19,24-27H,2,4,6,8-9,11-12H2. The number of pyridine rings is 1. The number of nitrogens with zero attached hydrogens (tertiary/aromatic N) is 4. The van der Waals surface area contributed by atoms with Gasteiger partial charge < -0.3 is 29.9 Å². The van der Waals surface area contributed by atoms with Crippen molar-refractivity contribution >= 4 is 0 Å². The second kappa shape index (κ2) is 10.7. The van der Waals surface area contributed by atoms with Crippen LogP contribution in [-0.2, 0) is 22.6 Å². The number of rotatable bonds is 10. The molecule has 1 fully saturated rings. The summed E-state index contributed by atoms with van der Waals surface area (Å²) in [5.74, 6) is 0. The highest BCUT2D eigenvalue weighted by Gasteiger charge is 2.42. The van der Waals surface area contributed by atoms with Crippen LogP contribution in [0.3, 0.4) is 0 Å². The fraction of sp³-hybridized carbons (Fsp3) is 0.632. The van der Waals surface area contributed by atoms with E-state index in [0.717, 1.165) is 17.8 Å². The maximum atomic E-state index is 10.0. The largest absolute Gasteiger partial charge is 0.394 e. The van der Waals surface area contributed by atoms with E-state index in [9.17, 15) is 20.4 Å². The highest BCUT2D eigenvalue weighted by molar-refractivity contribution is 5.04. The summed E-state index contributed by atoms with van der Waals surface area (Å²) >= 11 is 0. The lowest BCUT2D eigenvalue weighted by molar-refractivity contribution is -0.230. The summed E-state index contributed by atoms with van der Waals surface area (Å²) < 4.78 is 12.8. The molecule has 0 bridgehead atoms. The lowest BCUT2D eigenvalue weighted by Crippen LogP contribution is -2.58. The summed E-state index contributed by atoms with van der Waals surface area (Å²) in [4.78, 5) is 4.25. The highest BCUT2D eigenvalue weighted by Crippen LogP contribution is 2.24. The molecule has 3 heterocycles. The zero-order valence-corrected chi connectivity index (χ0v) is 16.1. The van der Waals surface area contributed by atoms with Crippen molar-refractivity contribution in [2.24, 2.45) is 0 Å². The molecule has 2 aromatic rings. The number of ether oxygens (including phenoxy) is 2. The fourth-order valence-electron chi connectivity index (χ4n) is 3.28. The first kappa shape index (κ1) is 21.8. The van der Waals surface area contributed by atoms with Gasteiger partial charge in [-0.2, -0.15) is 0 Å². The topological polar surface area (TPSA) is 143 Å². The Bertz CT molecular complexity index is 728. The van der Waals surface area contributed by atoms with E-state index in [4.69, 9.17) is 9.47 Å². The molecule has 10 heteroatoms. The first-order valence-corrected chi connectivity index (χ1v) is 9.75. The molecule has 29 heavy (non-hydrogen) atoms. The Kier molecular flexibility index (Phi) is 8.04. The molecule has 5 unspecified atom stereocenters. The number of aliphatic hydroxyl groups is 4. The lowest BCUT2D eigenvalue weighted by Gasteiger charge is -2.40. The van der Waals surface area contributed by atoms with Crippen LogP contribution in [0.5, 0.6) is 0 Å². The predicted molar refractivity (Wildman–Crippen MR) is 101 cm³/mol. The van der Waals surface area contributed by atoms with Gasteiger partial charge in [0.25, 0.3) is 0 Å². The van der Waals surface area contributed by atoms with Gasteiger partial charge in [0.2, 0.25) is 0 Å². The molecule has 0 spiro atoms. The van der Waals surface area contributed by atoms with Gasteiger partial charge in [-0.1, -0.05) is 11.3 Å². The van der Waals surface area contributed by atoms with Gasteiger partial charge in [-0.25, -0.2) is 4.68 Å². The van der Waals surface area contributed by atoms with Crippen molar-refractivity contribution in [1.82, 2.24) is 20.0 Å². The van der Waals surface area contributed by atoms with Crippen molar-refractivity contribution in [1.29, 1.82) is 0 Å². The van der Waals surface area contributed by atoms with Crippen LogP contribution in [0.1, 0.15) is 30.7 Å². The van der Waals surface area contributed by atoms with E-state index in [2.05, 4.69) is 15.3 Å². The molecule has 1 aliphatic heterocycles. The van der Waals surface area contributed by atoms with E-state index in [1.165, 1.54) is 0 Å². The van der Waals surface area contributed by atoms with Gasteiger partial charge >= 0.3 is 0 Å². The van der Waals surface area contributed by atoms with Gasteiger partial charge in [0.05, 0.1) is 37.8 Å². The minimum absolute atomic E-state index is 0.349. The predicted octanol–water partition coefficient (Wildman–Crippen LogP) is -0.749. The van der Waals surface area contributed by atoms with Gasteiger partial charge in [-0.05, 0) is 31.4 Å². The van der Waals surface area contributed by atoms with Crippen molar-refractivity contribution in [2.45, 2.75) is 62.9 Å². The Morgan fingerprint density at radius 3 is 2.62 bits per heavy atom. The zero-order chi connectivity index (χ0) is 20.6. The molecule has 0 aliphatic carbocycles. The first-order chi connectivity index (χ1) is 14.1. The molecule has 0 radical (unpaired) electrons. The van der Waals surface area contributed by atoms with Gasteiger partial charge in [-0.15, -0.1) is 5.10 Å². The molecule has 2 aromatic heterocycles. The van der Waals surface area contributed by atoms with Gasteiger partial charge in [0.1, 0.15) is 30.1 Å². The normalized spacial score (nSPS) is 27.2. The van der Waals surface area contributed by atoms with Crippen LogP contribution in [0.15, 0.2) is 30.6 Å². The fourth-order valence-corrected chi connectivity index (χ4v) is 3.28. The third-order valence-electron chi connectivity index (χ3n) is 4.90. The van der Waals surface area contributed by atoms with Crippen LogP contribution in [0.4, 0.5) is 0 Å². The summed E-state index contributed by atoms with van der Waals surface area (Å²) in [6.07, 6.45) is 0.181. The monoisotopic (exact) mass is 408 g/mol. The van der Waals surface area contributed by atoms with E-state index in [-0.39, 0.29) is 0 Å². The minimum Gasteiger partial charge on any atom is -0.394 e. The Hall–Kier alpha value is -1.95. The second-order valence-electron chi connectivity index (χ2n) is 7.14. The van der Waals surface area contributed by atoms with Crippen LogP contribution in [0, 0.1) is 0 Å². The summed E-state index contributed by atoms with van der Waals surface area (Å²) in [6.45, 7) is 0.991. The molecule has 3 rings (SSSR count). The van der Waals surface area contributed by atoms with Crippen molar-refractivity contribution < 1.29 is 29.9 Å². The maximum Gasteiger partial charge on any atom is 0.111 e. The van der Waals surface area contributed by atoms with Crippen LogP contribution < -0.4 is 0 Å². The molecule has 0 amide bonds. The van der Waals surface area contributed by atoms with Gasteiger partial charge in [0.15, 0.2) is 0 Å². The number of aromatic nitrogens is 4. The SMILES string of the molecule is OCC1OC(CCCCOCc2cn(Cc3ccccn3)nn2)C(O)C(O)C1O. The lowest BCUT2D eigenvalue weighted by atomic mass is 9.92. The number of hydrogen-bond acceptors (Lipinski definition) is 9. The summed E-state index contributed by atoms with van der Waals surface area (Å²) in [6, 6.07) is 5.71. The first-order valence-electron chi connectivity index (χ1n) is 9.75. The van der Waals surface area contributed by atoms with Crippen molar-refractivity contribution in [3.63, 3.8) is 0 Å². The summed E-state index contributed by atoms with van der Waals surface area (Å²) in [5, 5.41) is 46.9. The summed E-state index contributed by atoms with van der Waals surface area (Å²) in [5.41, 5.74) is 1.63. The molecule has 0 saturated carbocycles. The smallest absolute Gasteiger partial charge is 0.111 e. The molecule has 4 N–H and O–H groups in total. The van der Waals surface area contributed by atoms with E-state index >= 15 is 0 Å². The average Bonchev–Trinajstić information content (AvgIpc) is 3.18. The van der Waals surface area contributed by atoms with E-state index in [0.29, 0.717) is 32.6 Å². The molecular weight excluding hydrogens is 380 g/mol. The van der Waals surface area contributed by atoms with Crippen molar-refractivity contribution in [3.05, 3.63) is 42.0 Å². The molecule has 5 atom stereocenters. The average molecular weight is 408 g/mol. The Morgan fingerprint density at radius 2 is 1.86 bits per heavy atom. The quantitative estimate of drug-likeness (QED) is 0.373. The molecule has 1 saturated heterocycles. The highest BCUT2D eigenvalue weighted by atomic mass is 16.5. The van der Waals surface area contributed by atoms with Crippen LogP contribution in [0.25, 0.3) is 0 Å². The summed E-state index contributed by atoms with van der Waals surface area (Å²) in [7, 11) is 0. The Labute approximate surface area is 168 Å². The molecule has 160 valence electrons. The maximum absolute atomic E-state index is 10.0. The van der Waals surface area contributed by atoms with Crippen LogP contribution >= 0.6 is 0 Å². The number of aliphatic hydroxyl groups excluding tert-OH is 4. The van der Waals surface area contributed by atoms with E-state index < -0.39 is 37.1 Å². The number of hydrogen-bond donors (Lipinski definition) is 4. The van der Waals surface area contributed by atoms with Crippen LogP contribution in [-0.4, -0.2) is 84.1 Å². The van der Waals surface area contributed by atoms with E-state index in [1.54, 1.807) is 10.9 Å². The third kappa shape index (κ3) is 6.01. The van der Waals surface area contributed by atoms with Gasteiger partial charge in [0, 0.05) is 12.8 Å². The molecule has 1 aliphatic rings.